The SMILES string of the molecule is COCCCn1c([C@@H]2CCCN(C(=O)C[C@@H](N)CNC(=O)c3ccc(C)c(C)c3)C2)nc2ccccc21. The first kappa shape index (κ1) is 26.8. The summed E-state index contributed by atoms with van der Waals surface area (Å²) in [5.41, 5.74) is 11.2. The van der Waals surface area contributed by atoms with Gasteiger partial charge in [-0.05, 0) is 68.5 Å². The maximum atomic E-state index is 13.1. The summed E-state index contributed by atoms with van der Waals surface area (Å²) >= 11 is 0. The van der Waals surface area contributed by atoms with E-state index in [0.717, 1.165) is 60.3 Å². The number of carbonyl (C=O) groups is 2. The van der Waals surface area contributed by atoms with Gasteiger partial charge in [0.25, 0.3) is 5.91 Å². The van der Waals surface area contributed by atoms with Crippen LogP contribution in [0.3, 0.4) is 0 Å². The molecule has 2 atom stereocenters. The molecule has 2 heterocycles. The van der Waals surface area contributed by atoms with Crippen molar-refractivity contribution in [3.05, 3.63) is 65.0 Å². The number of aryl methyl sites for hydroxylation is 3. The number of aromatic nitrogens is 2. The quantitative estimate of drug-likeness (QED) is 0.410. The number of nitrogens with one attached hydrogen (secondary N) is 1. The summed E-state index contributed by atoms with van der Waals surface area (Å²) in [5, 5.41) is 2.88. The number of ether oxygens (including phenoxy) is 1. The van der Waals surface area contributed by atoms with Crippen LogP contribution in [0.1, 0.15) is 58.9 Å². The topological polar surface area (TPSA) is 102 Å². The van der Waals surface area contributed by atoms with Crippen molar-refractivity contribution in [2.75, 3.05) is 33.4 Å². The molecule has 1 fully saturated rings. The summed E-state index contributed by atoms with van der Waals surface area (Å²) in [6, 6.07) is 13.4. The number of piperidine rings is 1. The van der Waals surface area contributed by atoms with E-state index in [1.807, 2.05) is 55.1 Å². The number of methoxy groups -OCH3 is 1. The Bertz CT molecular complexity index is 1240. The zero-order chi connectivity index (χ0) is 26.4. The molecule has 0 bridgehead atoms. The lowest BCUT2D eigenvalue weighted by atomic mass is 9.96. The van der Waals surface area contributed by atoms with Crippen LogP contribution in [0, 0.1) is 13.8 Å². The number of rotatable bonds is 10. The smallest absolute Gasteiger partial charge is 0.251 e. The van der Waals surface area contributed by atoms with E-state index < -0.39 is 6.04 Å². The van der Waals surface area contributed by atoms with Crippen LogP contribution in [0.5, 0.6) is 0 Å². The molecule has 3 N–H and O–H groups in total. The van der Waals surface area contributed by atoms with Gasteiger partial charge in [0.2, 0.25) is 5.91 Å². The van der Waals surface area contributed by atoms with Crippen LogP contribution in [-0.2, 0) is 16.1 Å². The van der Waals surface area contributed by atoms with Gasteiger partial charge in [0.15, 0.2) is 0 Å². The maximum absolute atomic E-state index is 13.1. The number of para-hydroxylation sites is 2. The van der Waals surface area contributed by atoms with Gasteiger partial charge in [-0.3, -0.25) is 9.59 Å². The van der Waals surface area contributed by atoms with Crippen LogP contribution >= 0.6 is 0 Å². The number of nitrogens with zero attached hydrogens (tertiary/aromatic N) is 3. The Balaban J connectivity index is 1.36. The normalized spacial score (nSPS) is 16.6. The van der Waals surface area contributed by atoms with Crippen molar-refractivity contribution < 1.29 is 14.3 Å². The second kappa shape index (κ2) is 12.3. The van der Waals surface area contributed by atoms with Crippen LogP contribution in [0.25, 0.3) is 11.0 Å². The fourth-order valence-electron chi connectivity index (χ4n) is 5.06. The second-order valence-electron chi connectivity index (χ2n) is 10.1. The van der Waals surface area contributed by atoms with Gasteiger partial charge >= 0.3 is 0 Å². The number of amides is 2. The molecule has 3 aromatic rings. The van der Waals surface area contributed by atoms with Crippen molar-refractivity contribution in [3.63, 3.8) is 0 Å². The molecule has 1 saturated heterocycles. The minimum Gasteiger partial charge on any atom is -0.385 e. The van der Waals surface area contributed by atoms with E-state index in [1.165, 1.54) is 0 Å². The first-order chi connectivity index (χ1) is 17.9. The van der Waals surface area contributed by atoms with Gasteiger partial charge in [-0.15, -0.1) is 0 Å². The average molecular weight is 506 g/mol. The Morgan fingerprint density at radius 1 is 1.19 bits per heavy atom. The summed E-state index contributed by atoms with van der Waals surface area (Å²) in [5.74, 6) is 1.07. The summed E-state index contributed by atoms with van der Waals surface area (Å²) in [6.07, 6.45) is 3.03. The van der Waals surface area contributed by atoms with Crippen LogP contribution in [0.15, 0.2) is 42.5 Å². The van der Waals surface area contributed by atoms with E-state index in [9.17, 15) is 9.59 Å². The summed E-state index contributed by atoms with van der Waals surface area (Å²) in [4.78, 5) is 32.5. The van der Waals surface area contributed by atoms with Crippen molar-refractivity contribution in [2.24, 2.45) is 5.73 Å². The number of benzene rings is 2. The molecule has 4 rings (SSSR count). The van der Waals surface area contributed by atoms with Gasteiger partial charge in [-0.1, -0.05) is 18.2 Å². The van der Waals surface area contributed by atoms with Crippen LogP contribution < -0.4 is 11.1 Å². The van der Waals surface area contributed by atoms with E-state index in [0.29, 0.717) is 18.7 Å². The number of carbonyl (C=O) groups excluding carboxylic acids is 2. The number of hydrogen-bond acceptors (Lipinski definition) is 5. The van der Waals surface area contributed by atoms with E-state index in [2.05, 4.69) is 16.0 Å². The number of nitrogens with two attached hydrogens (primary N) is 1. The molecule has 37 heavy (non-hydrogen) atoms. The largest absolute Gasteiger partial charge is 0.385 e. The van der Waals surface area contributed by atoms with E-state index in [-0.39, 0.29) is 30.7 Å². The third kappa shape index (κ3) is 6.56. The molecule has 0 radical (unpaired) electrons. The zero-order valence-corrected chi connectivity index (χ0v) is 22.2. The highest BCUT2D eigenvalue weighted by molar-refractivity contribution is 5.94. The number of imidazole rings is 1. The highest BCUT2D eigenvalue weighted by Gasteiger charge is 2.29. The lowest BCUT2D eigenvalue weighted by Crippen LogP contribution is -2.45. The standard InChI is InChI=1S/C29H39N5O3/c1-20-11-12-22(16-21(20)2)29(36)31-18-24(30)17-27(35)33-13-6-8-23(19-33)28-32-25-9-4-5-10-26(25)34(28)14-7-15-37-3/h4-5,9-12,16,23-24H,6-8,13-15,17-19,30H2,1-3H3,(H,31,36)/t23-,24-/m1/s1. The van der Waals surface area contributed by atoms with Gasteiger partial charge < -0.3 is 25.3 Å². The van der Waals surface area contributed by atoms with Crippen LogP contribution in [0.4, 0.5) is 0 Å². The van der Waals surface area contributed by atoms with E-state index in [4.69, 9.17) is 15.5 Å². The molecule has 1 aliphatic heterocycles. The molecule has 8 nitrogen and oxygen atoms in total. The van der Waals surface area contributed by atoms with E-state index in [1.54, 1.807) is 7.11 Å². The minimum atomic E-state index is -0.443. The molecule has 0 unspecified atom stereocenters. The van der Waals surface area contributed by atoms with Crippen molar-refractivity contribution >= 4 is 22.8 Å². The van der Waals surface area contributed by atoms with Gasteiger partial charge in [-0.2, -0.15) is 0 Å². The first-order valence-corrected chi connectivity index (χ1v) is 13.2. The summed E-state index contributed by atoms with van der Waals surface area (Å²) < 4.78 is 7.56. The molecule has 0 aliphatic carbocycles. The Morgan fingerprint density at radius 3 is 2.78 bits per heavy atom. The van der Waals surface area contributed by atoms with Gasteiger partial charge in [0, 0.05) is 63.8 Å². The fourth-order valence-corrected chi connectivity index (χ4v) is 5.06. The summed E-state index contributed by atoms with van der Waals surface area (Å²) in [6.45, 7) is 7.13. The molecule has 1 aliphatic rings. The third-order valence-corrected chi connectivity index (χ3v) is 7.28. The average Bonchev–Trinajstić information content (AvgIpc) is 3.27. The van der Waals surface area contributed by atoms with Crippen LogP contribution in [0.2, 0.25) is 0 Å². The molecule has 2 amide bonds. The summed E-state index contributed by atoms with van der Waals surface area (Å²) in [7, 11) is 1.72. The number of likely N-dealkylation sites (tertiary alicyclic amines) is 1. The lowest BCUT2D eigenvalue weighted by Gasteiger charge is -2.33. The van der Waals surface area contributed by atoms with E-state index >= 15 is 0 Å². The molecule has 0 saturated carbocycles. The molecular weight excluding hydrogens is 466 g/mol. The Hall–Kier alpha value is -3.23. The molecule has 8 heteroatoms. The van der Waals surface area contributed by atoms with Crippen molar-refractivity contribution in [1.82, 2.24) is 19.8 Å². The first-order valence-electron chi connectivity index (χ1n) is 13.2. The van der Waals surface area contributed by atoms with Crippen molar-refractivity contribution in [1.29, 1.82) is 0 Å². The third-order valence-electron chi connectivity index (χ3n) is 7.28. The highest BCUT2D eigenvalue weighted by Crippen LogP contribution is 2.30. The van der Waals surface area contributed by atoms with Crippen molar-refractivity contribution in [3.8, 4) is 0 Å². The lowest BCUT2D eigenvalue weighted by molar-refractivity contribution is -0.132. The number of fused-ring (bicyclic) bond motifs is 1. The Labute approximate surface area is 219 Å². The predicted molar refractivity (Wildman–Crippen MR) is 146 cm³/mol. The molecule has 2 aromatic carbocycles. The molecule has 1 aromatic heterocycles. The van der Waals surface area contributed by atoms with Crippen molar-refractivity contribution in [2.45, 2.75) is 58.0 Å². The Kier molecular flexibility index (Phi) is 8.95. The van der Waals surface area contributed by atoms with Gasteiger partial charge in [0.05, 0.1) is 11.0 Å². The number of hydrogen-bond donors (Lipinski definition) is 2. The zero-order valence-electron chi connectivity index (χ0n) is 22.2. The highest BCUT2D eigenvalue weighted by atomic mass is 16.5. The second-order valence-corrected chi connectivity index (χ2v) is 10.1. The maximum Gasteiger partial charge on any atom is 0.251 e. The van der Waals surface area contributed by atoms with Gasteiger partial charge in [-0.25, -0.2) is 4.98 Å². The van der Waals surface area contributed by atoms with Gasteiger partial charge in [0.1, 0.15) is 5.82 Å². The fraction of sp³-hybridized carbons (Fsp3) is 0.483. The Morgan fingerprint density at radius 2 is 2.00 bits per heavy atom. The molecule has 0 spiro atoms. The monoisotopic (exact) mass is 505 g/mol. The minimum absolute atomic E-state index is 0.0275. The van der Waals surface area contributed by atoms with Crippen LogP contribution in [-0.4, -0.2) is 65.7 Å². The predicted octanol–water partition coefficient (Wildman–Crippen LogP) is 3.54. The molecular formula is C29H39N5O3. The molecule has 198 valence electrons.